The lowest BCUT2D eigenvalue weighted by atomic mass is 9.94. The Morgan fingerprint density at radius 2 is 1.41 bits per heavy atom. The minimum absolute atomic E-state index is 0.196. The average molecular weight is 421 g/mol. The predicted octanol–water partition coefficient (Wildman–Crippen LogP) is 4.85. The molecule has 4 heteroatoms. The second-order valence-corrected chi connectivity index (χ2v) is 8.03. The molecule has 0 heterocycles. The molecule has 5 rings (SSSR count). The molecule has 4 aromatic rings. The highest BCUT2D eigenvalue weighted by Crippen LogP contribution is 2.44. The number of rotatable bonds is 5. The van der Waals surface area contributed by atoms with Crippen molar-refractivity contribution < 1.29 is 14.3 Å². The maximum atomic E-state index is 13.5. The number of hydrogen-bond donors (Lipinski definition) is 1. The second-order valence-electron chi connectivity index (χ2n) is 8.03. The van der Waals surface area contributed by atoms with Gasteiger partial charge < -0.3 is 10.1 Å². The Morgan fingerprint density at radius 1 is 0.812 bits per heavy atom. The Bertz CT molecular complexity index is 1280. The van der Waals surface area contributed by atoms with Gasteiger partial charge in [0.05, 0.1) is 13.0 Å². The smallest absolute Gasteiger partial charge is 0.328 e. The van der Waals surface area contributed by atoms with Gasteiger partial charge in [0.1, 0.15) is 6.04 Å². The number of carbonyl (C=O) groups is 2. The molecule has 4 nitrogen and oxygen atoms in total. The van der Waals surface area contributed by atoms with Gasteiger partial charge in [-0.3, -0.25) is 4.79 Å². The zero-order chi connectivity index (χ0) is 22.1. The van der Waals surface area contributed by atoms with Crippen molar-refractivity contribution in [3.05, 3.63) is 108 Å². The molecule has 0 bridgehead atoms. The van der Waals surface area contributed by atoms with Crippen LogP contribution < -0.4 is 5.32 Å². The first kappa shape index (κ1) is 20.0. The number of ether oxygens (including phenoxy) is 1. The molecule has 4 aromatic carbocycles. The molecule has 158 valence electrons. The summed E-state index contributed by atoms with van der Waals surface area (Å²) in [7, 11) is 1.35. The first-order valence-electron chi connectivity index (χ1n) is 10.7. The Labute approximate surface area is 186 Å². The highest BCUT2D eigenvalue weighted by Gasteiger charge is 2.35. The summed E-state index contributed by atoms with van der Waals surface area (Å²) in [5, 5.41) is 5.15. The fourth-order valence-electron chi connectivity index (χ4n) is 4.72. The topological polar surface area (TPSA) is 55.4 Å². The molecule has 0 aromatic heterocycles. The summed E-state index contributed by atoms with van der Waals surface area (Å²) in [5.41, 5.74) is 5.03. The van der Waals surface area contributed by atoms with Crippen molar-refractivity contribution in [2.75, 3.05) is 7.11 Å². The summed E-state index contributed by atoms with van der Waals surface area (Å²) in [6, 6.07) is 29.1. The normalized spacial score (nSPS) is 13.3. The molecule has 0 saturated heterocycles. The number of amides is 1. The number of benzene rings is 4. The van der Waals surface area contributed by atoms with Crippen LogP contribution in [0.5, 0.6) is 0 Å². The lowest BCUT2D eigenvalue weighted by molar-refractivity contribution is -0.145. The summed E-state index contributed by atoms with van der Waals surface area (Å²) < 4.78 is 5.05. The second kappa shape index (κ2) is 8.31. The van der Waals surface area contributed by atoms with Crippen LogP contribution in [0, 0.1) is 0 Å². The molecule has 1 aliphatic carbocycles. The Balaban J connectivity index is 1.48. The van der Waals surface area contributed by atoms with Crippen LogP contribution in [0.3, 0.4) is 0 Å². The average Bonchev–Trinajstić information content (AvgIpc) is 3.18. The standard InChI is InChI=1S/C28H23NO3/c1-32-28(31)25(17-19-11-8-10-18-9-2-3-12-20(18)19)29-27(30)26-23-15-6-4-13-21(23)22-14-5-7-16-24(22)26/h2-16,25-26H,17H2,1H3,(H,29,30)/t25-/m1/s1. The Hall–Kier alpha value is -3.92. The first-order valence-corrected chi connectivity index (χ1v) is 10.7. The van der Waals surface area contributed by atoms with Gasteiger partial charge in [0.25, 0.3) is 0 Å². The molecule has 0 radical (unpaired) electrons. The fourth-order valence-corrected chi connectivity index (χ4v) is 4.72. The fraction of sp³-hybridized carbons (Fsp3) is 0.143. The minimum atomic E-state index is -0.779. The third kappa shape index (κ3) is 3.44. The molecule has 0 unspecified atom stereocenters. The summed E-state index contributed by atoms with van der Waals surface area (Å²) >= 11 is 0. The largest absolute Gasteiger partial charge is 0.467 e. The third-order valence-electron chi connectivity index (χ3n) is 6.20. The van der Waals surface area contributed by atoms with E-state index in [2.05, 4.69) is 5.32 Å². The predicted molar refractivity (Wildman–Crippen MR) is 125 cm³/mol. The zero-order valence-electron chi connectivity index (χ0n) is 17.7. The molecule has 0 aliphatic heterocycles. The van der Waals surface area contributed by atoms with Gasteiger partial charge >= 0.3 is 5.97 Å². The van der Waals surface area contributed by atoms with E-state index < -0.39 is 17.9 Å². The van der Waals surface area contributed by atoms with Crippen LogP contribution >= 0.6 is 0 Å². The van der Waals surface area contributed by atoms with E-state index >= 15 is 0 Å². The van der Waals surface area contributed by atoms with Crippen molar-refractivity contribution in [2.45, 2.75) is 18.4 Å². The molecule has 0 spiro atoms. The van der Waals surface area contributed by atoms with Gasteiger partial charge in [0.2, 0.25) is 5.91 Å². The van der Waals surface area contributed by atoms with Crippen LogP contribution in [0.15, 0.2) is 91.0 Å². The quantitative estimate of drug-likeness (QED) is 0.469. The molecule has 32 heavy (non-hydrogen) atoms. The van der Waals surface area contributed by atoms with Gasteiger partial charge in [-0.15, -0.1) is 0 Å². The van der Waals surface area contributed by atoms with Crippen LogP contribution in [-0.4, -0.2) is 25.0 Å². The third-order valence-corrected chi connectivity index (χ3v) is 6.20. The monoisotopic (exact) mass is 421 g/mol. The minimum Gasteiger partial charge on any atom is -0.467 e. The lowest BCUT2D eigenvalue weighted by Gasteiger charge is -2.21. The SMILES string of the molecule is COC(=O)[C@@H](Cc1cccc2ccccc12)NC(=O)C1c2ccccc2-c2ccccc21. The zero-order valence-corrected chi connectivity index (χ0v) is 17.7. The van der Waals surface area contributed by atoms with E-state index in [9.17, 15) is 9.59 Å². The number of fused-ring (bicyclic) bond motifs is 4. The maximum absolute atomic E-state index is 13.5. The van der Waals surface area contributed by atoms with Crippen molar-refractivity contribution in [2.24, 2.45) is 0 Å². The van der Waals surface area contributed by atoms with Gasteiger partial charge in [-0.05, 0) is 38.6 Å². The van der Waals surface area contributed by atoms with E-state index in [1.807, 2.05) is 91.0 Å². The number of methoxy groups -OCH3 is 1. The molecule has 1 amide bonds. The highest BCUT2D eigenvalue weighted by atomic mass is 16.5. The maximum Gasteiger partial charge on any atom is 0.328 e. The van der Waals surface area contributed by atoms with Crippen molar-refractivity contribution in [1.29, 1.82) is 0 Å². The van der Waals surface area contributed by atoms with E-state index in [1.54, 1.807) is 0 Å². The van der Waals surface area contributed by atoms with Gasteiger partial charge in [0, 0.05) is 6.42 Å². The van der Waals surface area contributed by atoms with E-state index in [-0.39, 0.29) is 5.91 Å². The van der Waals surface area contributed by atoms with Gasteiger partial charge in [0.15, 0.2) is 0 Å². The summed E-state index contributed by atoms with van der Waals surface area (Å²) in [4.78, 5) is 26.2. The van der Waals surface area contributed by atoms with Gasteiger partial charge in [-0.2, -0.15) is 0 Å². The molecular formula is C28H23NO3. The molecule has 0 saturated carbocycles. The first-order chi connectivity index (χ1) is 15.7. The Kier molecular flexibility index (Phi) is 5.20. The van der Waals surface area contributed by atoms with Crippen LogP contribution in [-0.2, 0) is 20.7 Å². The summed E-state index contributed by atoms with van der Waals surface area (Å²) in [5.74, 6) is -1.11. The van der Waals surface area contributed by atoms with Crippen molar-refractivity contribution in [3.63, 3.8) is 0 Å². The van der Waals surface area contributed by atoms with Crippen molar-refractivity contribution in [1.82, 2.24) is 5.32 Å². The number of hydrogen-bond acceptors (Lipinski definition) is 3. The van der Waals surface area contributed by atoms with Crippen LogP contribution in [0.2, 0.25) is 0 Å². The molecule has 1 aliphatic rings. The highest BCUT2D eigenvalue weighted by molar-refractivity contribution is 5.98. The van der Waals surface area contributed by atoms with Gasteiger partial charge in [-0.25, -0.2) is 4.79 Å². The number of carbonyl (C=O) groups excluding carboxylic acids is 2. The lowest BCUT2D eigenvalue weighted by Crippen LogP contribution is -2.45. The van der Waals surface area contributed by atoms with Gasteiger partial charge in [-0.1, -0.05) is 91.0 Å². The number of nitrogens with one attached hydrogen (secondary N) is 1. The van der Waals surface area contributed by atoms with E-state index in [4.69, 9.17) is 4.74 Å². The summed E-state index contributed by atoms with van der Waals surface area (Å²) in [6.45, 7) is 0. The Morgan fingerprint density at radius 3 is 2.09 bits per heavy atom. The summed E-state index contributed by atoms with van der Waals surface area (Å²) in [6.07, 6.45) is 0.357. The van der Waals surface area contributed by atoms with Crippen LogP contribution in [0.4, 0.5) is 0 Å². The van der Waals surface area contributed by atoms with E-state index in [0.29, 0.717) is 6.42 Å². The molecule has 1 N–H and O–H groups in total. The van der Waals surface area contributed by atoms with Crippen molar-refractivity contribution in [3.8, 4) is 11.1 Å². The van der Waals surface area contributed by atoms with Crippen LogP contribution in [0.25, 0.3) is 21.9 Å². The molecular weight excluding hydrogens is 398 g/mol. The van der Waals surface area contributed by atoms with Crippen molar-refractivity contribution >= 4 is 22.6 Å². The van der Waals surface area contributed by atoms with Crippen LogP contribution in [0.1, 0.15) is 22.6 Å². The van der Waals surface area contributed by atoms with E-state index in [0.717, 1.165) is 38.6 Å². The molecule has 1 atom stereocenters. The number of esters is 1. The van der Waals surface area contributed by atoms with E-state index in [1.165, 1.54) is 7.11 Å². The molecule has 0 fully saturated rings.